The first kappa shape index (κ1) is 17.9. The van der Waals surface area contributed by atoms with Gasteiger partial charge in [0.1, 0.15) is 6.54 Å². The molecule has 0 bridgehead atoms. The molecule has 0 atom stereocenters. The van der Waals surface area contributed by atoms with Gasteiger partial charge in [-0.3, -0.25) is 14.4 Å². The number of nitrogens with one attached hydrogen (secondary N) is 1. The summed E-state index contributed by atoms with van der Waals surface area (Å²) >= 11 is 0. The van der Waals surface area contributed by atoms with Crippen molar-refractivity contribution >= 4 is 11.9 Å². The van der Waals surface area contributed by atoms with Gasteiger partial charge >= 0.3 is 5.97 Å². The van der Waals surface area contributed by atoms with Gasteiger partial charge in [0, 0.05) is 31.0 Å². The number of aromatic amines is 1. The highest BCUT2D eigenvalue weighted by molar-refractivity contribution is 5.95. The van der Waals surface area contributed by atoms with Crippen LogP contribution in [0.5, 0.6) is 0 Å². The van der Waals surface area contributed by atoms with E-state index in [0.29, 0.717) is 18.0 Å². The fourth-order valence-electron chi connectivity index (χ4n) is 2.07. The number of hydrogen-bond donors (Lipinski definition) is 2. The smallest absolute Gasteiger partial charge is 0.323 e. The van der Waals surface area contributed by atoms with E-state index >= 15 is 0 Å². The Balaban J connectivity index is 3.03. The number of carboxylic acids is 1. The predicted octanol–water partition coefficient (Wildman–Crippen LogP) is 0.747. The molecule has 0 radical (unpaired) electrons. The van der Waals surface area contributed by atoms with Gasteiger partial charge in [-0.2, -0.15) is 0 Å². The molecule has 2 N–H and O–H groups in total. The fraction of sp³-hybridized carbons (Fsp3) is 0.533. The summed E-state index contributed by atoms with van der Waals surface area (Å²) < 4.78 is 4.89. The van der Waals surface area contributed by atoms with E-state index in [1.807, 2.05) is 13.8 Å². The van der Waals surface area contributed by atoms with Gasteiger partial charge in [0.05, 0.1) is 6.61 Å². The number of aromatic nitrogens is 1. The fourth-order valence-corrected chi connectivity index (χ4v) is 2.07. The molecule has 22 heavy (non-hydrogen) atoms. The third kappa shape index (κ3) is 5.69. The molecule has 0 aromatic carbocycles. The van der Waals surface area contributed by atoms with Crippen LogP contribution < -0.4 is 5.56 Å². The number of hydrogen-bond acceptors (Lipinski definition) is 4. The van der Waals surface area contributed by atoms with E-state index < -0.39 is 18.4 Å². The summed E-state index contributed by atoms with van der Waals surface area (Å²) in [4.78, 5) is 38.8. The molecule has 0 unspecified atom stereocenters. The summed E-state index contributed by atoms with van der Waals surface area (Å²) in [6.07, 6.45) is 0.632. The maximum atomic E-state index is 12.4. The minimum absolute atomic E-state index is 0.147. The van der Waals surface area contributed by atoms with Crippen molar-refractivity contribution in [3.8, 4) is 0 Å². The summed E-state index contributed by atoms with van der Waals surface area (Å²) in [6, 6.07) is 2.79. The van der Waals surface area contributed by atoms with Crippen LogP contribution in [-0.4, -0.2) is 53.7 Å². The molecular formula is C15H22N2O5. The lowest BCUT2D eigenvalue weighted by Crippen LogP contribution is -2.38. The van der Waals surface area contributed by atoms with Gasteiger partial charge < -0.3 is 19.7 Å². The van der Waals surface area contributed by atoms with Gasteiger partial charge in [-0.15, -0.1) is 0 Å². The molecule has 1 amide bonds. The number of carboxylic acid groups (broad SMARTS) is 1. The van der Waals surface area contributed by atoms with Crippen LogP contribution in [-0.2, 0) is 16.0 Å². The predicted molar refractivity (Wildman–Crippen MR) is 81.0 cm³/mol. The maximum Gasteiger partial charge on any atom is 0.323 e. The Kier molecular flexibility index (Phi) is 6.78. The summed E-state index contributed by atoms with van der Waals surface area (Å²) in [5, 5.41) is 8.90. The van der Waals surface area contributed by atoms with Crippen molar-refractivity contribution in [2.45, 2.75) is 20.3 Å². The molecule has 0 saturated carbocycles. The normalized spacial score (nSPS) is 10.7. The SMILES string of the molecule is COCCN(CC(=O)O)C(=O)c1cc(CC(C)C)[nH]c(=O)c1. The molecular weight excluding hydrogens is 288 g/mol. The van der Waals surface area contributed by atoms with Gasteiger partial charge in [-0.25, -0.2) is 0 Å². The van der Waals surface area contributed by atoms with E-state index in [0.717, 1.165) is 4.90 Å². The van der Waals surface area contributed by atoms with Crippen LogP contribution in [0, 0.1) is 5.92 Å². The zero-order valence-electron chi connectivity index (χ0n) is 13.1. The monoisotopic (exact) mass is 310 g/mol. The van der Waals surface area contributed by atoms with E-state index in [-0.39, 0.29) is 24.3 Å². The highest BCUT2D eigenvalue weighted by Gasteiger charge is 2.19. The molecule has 0 saturated heterocycles. The molecule has 1 aromatic rings. The zero-order chi connectivity index (χ0) is 16.7. The molecule has 1 aromatic heterocycles. The first-order valence-corrected chi connectivity index (χ1v) is 7.06. The summed E-state index contributed by atoms with van der Waals surface area (Å²) in [7, 11) is 1.47. The van der Waals surface area contributed by atoms with Gasteiger partial charge in [-0.05, 0) is 18.4 Å². The van der Waals surface area contributed by atoms with E-state index in [9.17, 15) is 14.4 Å². The van der Waals surface area contributed by atoms with Crippen molar-refractivity contribution in [1.29, 1.82) is 0 Å². The van der Waals surface area contributed by atoms with E-state index in [1.54, 1.807) is 6.07 Å². The molecule has 0 aliphatic carbocycles. The average Bonchev–Trinajstić information content (AvgIpc) is 2.40. The molecule has 7 nitrogen and oxygen atoms in total. The Morgan fingerprint density at radius 1 is 1.36 bits per heavy atom. The van der Waals surface area contributed by atoms with Crippen LogP contribution in [0.3, 0.4) is 0 Å². The van der Waals surface area contributed by atoms with Gasteiger partial charge in [0.25, 0.3) is 5.91 Å². The molecule has 1 heterocycles. The first-order chi connectivity index (χ1) is 10.3. The summed E-state index contributed by atoms with van der Waals surface area (Å²) in [5.74, 6) is -1.28. The molecule has 122 valence electrons. The number of rotatable bonds is 8. The van der Waals surface area contributed by atoms with Gasteiger partial charge in [0.2, 0.25) is 5.56 Å². The lowest BCUT2D eigenvalue weighted by atomic mass is 10.1. The largest absolute Gasteiger partial charge is 0.480 e. The van der Waals surface area contributed by atoms with Crippen molar-refractivity contribution < 1.29 is 19.4 Å². The van der Waals surface area contributed by atoms with Crippen LogP contribution in [0.2, 0.25) is 0 Å². The quantitative estimate of drug-likeness (QED) is 0.738. The zero-order valence-corrected chi connectivity index (χ0v) is 13.1. The van der Waals surface area contributed by atoms with Gasteiger partial charge in [-0.1, -0.05) is 13.8 Å². The second kappa shape index (κ2) is 8.33. The third-order valence-corrected chi connectivity index (χ3v) is 2.95. The molecule has 0 spiro atoms. The first-order valence-electron chi connectivity index (χ1n) is 7.06. The topological polar surface area (TPSA) is 99.7 Å². The van der Waals surface area contributed by atoms with Crippen LogP contribution in [0.4, 0.5) is 0 Å². The second-order valence-electron chi connectivity index (χ2n) is 5.47. The van der Waals surface area contributed by atoms with Gasteiger partial charge in [0.15, 0.2) is 0 Å². The number of H-pyrrole nitrogens is 1. The number of pyridine rings is 1. The van der Waals surface area contributed by atoms with Crippen LogP contribution >= 0.6 is 0 Å². The Labute approximate surface area is 128 Å². The second-order valence-corrected chi connectivity index (χ2v) is 5.47. The molecule has 0 fully saturated rings. The minimum Gasteiger partial charge on any atom is -0.480 e. The third-order valence-electron chi connectivity index (χ3n) is 2.95. The number of aliphatic carboxylic acids is 1. The molecule has 1 rings (SSSR count). The average molecular weight is 310 g/mol. The summed E-state index contributed by atoms with van der Waals surface area (Å²) in [5.41, 5.74) is 0.480. The number of methoxy groups -OCH3 is 1. The van der Waals surface area contributed by atoms with Crippen molar-refractivity contribution in [1.82, 2.24) is 9.88 Å². The van der Waals surface area contributed by atoms with Crippen LogP contribution in [0.25, 0.3) is 0 Å². The van der Waals surface area contributed by atoms with Crippen LogP contribution in [0.1, 0.15) is 29.9 Å². The number of ether oxygens (including phenoxy) is 1. The van der Waals surface area contributed by atoms with Crippen molar-refractivity contribution in [3.05, 3.63) is 33.7 Å². The number of amides is 1. The lowest BCUT2D eigenvalue weighted by molar-refractivity contribution is -0.137. The standard InChI is InChI=1S/C15H22N2O5/c1-10(2)6-12-7-11(8-13(18)16-12)15(21)17(4-5-22-3)9-14(19)20/h7-8,10H,4-6,9H2,1-3H3,(H,16,18)(H,19,20). The summed E-state index contributed by atoms with van der Waals surface area (Å²) in [6.45, 7) is 3.94. The maximum absolute atomic E-state index is 12.4. The Morgan fingerprint density at radius 2 is 2.05 bits per heavy atom. The Bertz CT molecular complexity index is 580. The number of carbonyl (C=O) groups is 2. The molecule has 0 aliphatic rings. The van der Waals surface area contributed by atoms with E-state index in [1.165, 1.54) is 13.2 Å². The van der Waals surface area contributed by atoms with E-state index in [4.69, 9.17) is 9.84 Å². The van der Waals surface area contributed by atoms with Crippen LogP contribution in [0.15, 0.2) is 16.9 Å². The number of nitrogens with zero attached hydrogens (tertiary/aromatic N) is 1. The van der Waals surface area contributed by atoms with E-state index in [2.05, 4.69) is 4.98 Å². The van der Waals surface area contributed by atoms with Crippen molar-refractivity contribution in [2.75, 3.05) is 26.8 Å². The number of carbonyl (C=O) groups excluding carboxylic acids is 1. The molecule has 0 aliphatic heterocycles. The minimum atomic E-state index is -1.11. The highest BCUT2D eigenvalue weighted by atomic mass is 16.5. The van der Waals surface area contributed by atoms with Crippen molar-refractivity contribution in [3.63, 3.8) is 0 Å². The Morgan fingerprint density at radius 3 is 2.59 bits per heavy atom. The van der Waals surface area contributed by atoms with Crippen molar-refractivity contribution in [2.24, 2.45) is 5.92 Å². The Hall–Kier alpha value is -2.15. The highest BCUT2D eigenvalue weighted by Crippen LogP contribution is 2.08. The molecule has 7 heteroatoms. The lowest BCUT2D eigenvalue weighted by Gasteiger charge is -2.20.